The van der Waals surface area contributed by atoms with Gasteiger partial charge in [-0.3, -0.25) is 0 Å². The van der Waals surface area contributed by atoms with Gasteiger partial charge in [0.15, 0.2) is 17.3 Å². The quantitative estimate of drug-likeness (QED) is 0.886. The topological polar surface area (TPSA) is 62.2 Å². The molecule has 0 radical (unpaired) electrons. The SMILES string of the molecule is O=C(O)c1ncsc1Nc1cccc(F)c1F. The first-order chi connectivity index (χ1) is 8.09. The van der Waals surface area contributed by atoms with Crippen LogP contribution in [0, 0.1) is 11.6 Å². The van der Waals surface area contributed by atoms with Gasteiger partial charge in [0.05, 0.1) is 11.2 Å². The average Bonchev–Trinajstić information content (AvgIpc) is 2.73. The summed E-state index contributed by atoms with van der Waals surface area (Å²) in [6.45, 7) is 0. The molecule has 2 aromatic rings. The molecule has 0 saturated carbocycles. The highest BCUT2D eigenvalue weighted by Gasteiger charge is 2.15. The summed E-state index contributed by atoms with van der Waals surface area (Å²) in [6, 6.07) is 3.61. The number of carboxylic acid groups (broad SMARTS) is 1. The number of hydrogen-bond acceptors (Lipinski definition) is 4. The minimum absolute atomic E-state index is 0.128. The lowest BCUT2D eigenvalue weighted by molar-refractivity contribution is 0.0692. The summed E-state index contributed by atoms with van der Waals surface area (Å²) in [4.78, 5) is 14.4. The molecule has 0 aliphatic carbocycles. The Bertz CT molecular complexity index is 571. The van der Waals surface area contributed by atoms with Crippen molar-refractivity contribution in [3.8, 4) is 0 Å². The van der Waals surface area contributed by atoms with Crippen molar-refractivity contribution in [1.82, 2.24) is 4.98 Å². The molecular formula is C10H6F2N2O2S. The van der Waals surface area contributed by atoms with E-state index in [0.29, 0.717) is 0 Å². The lowest BCUT2D eigenvalue weighted by Crippen LogP contribution is -2.02. The second-order valence-corrected chi connectivity index (χ2v) is 3.92. The van der Waals surface area contributed by atoms with Crippen LogP contribution >= 0.6 is 11.3 Å². The predicted molar refractivity (Wildman–Crippen MR) is 58.7 cm³/mol. The van der Waals surface area contributed by atoms with Crippen LogP contribution in [-0.2, 0) is 0 Å². The summed E-state index contributed by atoms with van der Waals surface area (Å²) in [5.41, 5.74) is 0.957. The summed E-state index contributed by atoms with van der Waals surface area (Å²) in [5.74, 6) is -3.29. The summed E-state index contributed by atoms with van der Waals surface area (Å²) < 4.78 is 26.2. The first-order valence-electron chi connectivity index (χ1n) is 4.47. The van der Waals surface area contributed by atoms with Crippen LogP contribution in [0.15, 0.2) is 23.7 Å². The fourth-order valence-electron chi connectivity index (χ4n) is 1.21. The molecule has 0 aliphatic heterocycles. The maximum absolute atomic E-state index is 13.3. The van der Waals surface area contributed by atoms with Gasteiger partial charge in [0.1, 0.15) is 5.00 Å². The highest BCUT2D eigenvalue weighted by molar-refractivity contribution is 7.14. The van der Waals surface area contributed by atoms with Gasteiger partial charge in [0.2, 0.25) is 0 Å². The fraction of sp³-hybridized carbons (Fsp3) is 0. The van der Waals surface area contributed by atoms with Crippen LogP contribution in [-0.4, -0.2) is 16.1 Å². The molecule has 1 heterocycles. The zero-order valence-electron chi connectivity index (χ0n) is 8.28. The highest BCUT2D eigenvalue weighted by Crippen LogP contribution is 2.27. The maximum Gasteiger partial charge on any atom is 0.357 e. The fourth-order valence-corrected chi connectivity index (χ4v) is 1.89. The van der Waals surface area contributed by atoms with Gasteiger partial charge in [-0.15, -0.1) is 11.3 Å². The van der Waals surface area contributed by atoms with Gasteiger partial charge in [-0.1, -0.05) is 6.07 Å². The largest absolute Gasteiger partial charge is 0.476 e. The number of nitrogens with one attached hydrogen (secondary N) is 1. The smallest absolute Gasteiger partial charge is 0.357 e. The highest BCUT2D eigenvalue weighted by atomic mass is 32.1. The van der Waals surface area contributed by atoms with Crippen molar-refractivity contribution >= 4 is 28.0 Å². The third-order valence-electron chi connectivity index (χ3n) is 1.97. The number of benzene rings is 1. The van der Waals surface area contributed by atoms with E-state index in [1.165, 1.54) is 17.6 Å². The van der Waals surface area contributed by atoms with E-state index >= 15 is 0 Å². The number of aromatic carboxylic acids is 1. The second kappa shape index (κ2) is 4.46. The number of carbonyl (C=O) groups is 1. The molecule has 0 bridgehead atoms. The maximum atomic E-state index is 13.3. The molecule has 0 spiro atoms. The number of anilines is 2. The van der Waals surface area contributed by atoms with Crippen molar-refractivity contribution in [1.29, 1.82) is 0 Å². The van der Waals surface area contributed by atoms with E-state index < -0.39 is 17.6 Å². The monoisotopic (exact) mass is 256 g/mol. The molecule has 88 valence electrons. The van der Waals surface area contributed by atoms with Crippen LogP contribution in [0.2, 0.25) is 0 Å². The molecule has 1 aromatic carbocycles. The van der Waals surface area contributed by atoms with Crippen molar-refractivity contribution in [2.45, 2.75) is 0 Å². The number of halogens is 2. The van der Waals surface area contributed by atoms with E-state index in [1.807, 2.05) is 0 Å². The Morgan fingerprint density at radius 2 is 2.18 bits per heavy atom. The number of carboxylic acids is 1. The molecule has 0 fully saturated rings. The molecular weight excluding hydrogens is 250 g/mol. The zero-order chi connectivity index (χ0) is 12.4. The van der Waals surface area contributed by atoms with E-state index in [2.05, 4.69) is 10.3 Å². The van der Waals surface area contributed by atoms with Crippen LogP contribution < -0.4 is 5.32 Å². The molecule has 0 aliphatic rings. The number of hydrogen-bond donors (Lipinski definition) is 2. The molecule has 4 nitrogen and oxygen atoms in total. The van der Waals surface area contributed by atoms with Gasteiger partial charge in [0.25, 0.3) is 0 Å². The van der Waals surface area contributed by atoms with Crippen molar-refractivity contribution < 1.29 is 18.7 Å². The normalized spacial score (nSPS) is 10.2. The third kappa shape index (κ3) is 2.23. The third-order valence-corrected chi connectivity index (χ3v) is 2.71. The Balaban J connectivity index is 2.35. The molecule has 2 N–H and O–H groups in total. The van der Waals surface area contributed by atoms with Crippen LogP contribution in [0.3, 0.4) is 0 Å². The first-order valence-corrected chi connectivity index (χ1v) is 5.35. The molecule has 7 heteroatoms. The molecule has 0 amide bonds. The minimum atomic E-state index is -1.23. The number of nitrogens with zero attached hydrogens (tertiary/aromatic N) is 1. The lowest BCUT2D eigenvalue weighted by Gasteiger charge is -2.05. The van der Waals surface area contributed by atoms with Gasteiger partial charge in [-0.2, -0.15) is 0 Å². The van der Waals surface area contributed by atoms with Crippen LogP contribution in [0.25, 0.3) is 0 Å². The van der Waals surface area contributed by atoms with E-state index in [9.17, 15) is 13.6 Å². The van der Waals surface area contributed by atoms with Crippen LogP contribution in [0.1, 0.15) is 10.5 Å². The van der Waals surface area contributed by atoms with E-state index in [1.54, 1.807) is 0 Å². The van der Waals surface area contributed by atoms with Crippen molar-refractivity contribution in [2.75, 3.05) is 5.32 Å². The minimum Gasteiger partial charge on any atom is -0.476 e. The van der Waals surface area contributed by atoms with Gasteiger partial charge >= 0.3 is 5.97 Å². The van der Waals surface area contributed by atoms with Gasteiger partial charge < -0.3 is 10.4 Å². The molecule has 0 saturated heterocycles. The summed E-state index contributed by atoms with van der Waals surface area (Å²) in [6.07, 6.45) is 0. The van der Waals surface area contributed by atoms with Crippen molar-refractivity contribution in [3.63, 3.8) is 0 Å². The standard InChI is InChI=1S/C10H6F2N2O2S/c11-5-2-1-3-6(7(5)12)14-9-8(10(15)16)13-4-17-9/h1-4,14H,(H,15,16). The van der Waals surface area contributed by atoms with Gasteiger partial charge in [-0.05, 0) is 12.1 Å². The summed E-state index contributed by atoms with van der Waals surface area (Å²) in [7, 11) is 0. The molecule has 17 heavy (non-hydrogen) atoms. The molecule has 0 atom stereocenters. The van der Waals surface area contributed by atoms with E-state index in [0.717, 1.165) is 17.4 Å². The summed E-state index contributed by atoms with van der Waals surface area (Å²) in [5, 5.41) is 11.5. The number of thiazole rings is 1. The zero-order valence-corrected chi connectivity index (χ0v) is 9.09. The lowest BCUT2D eigenvalue weighted by atomic mass is 10.3. The predicted octanol–water partition coefficient (Wildman–Crippen LogP) is 2.86. The van der Waals surface area contributed by atoms with E-state index in [-0.39, 0.29) is 16.4 Å². The van der Waals surface area contributed by atoms with Crippen molar-refractivity contribution in [2.24, 2.45) is 0 Å². The second-order valence-electron chi connectivity index (χ2n) is 3.06. The first kappa shape index (κ1) is 11.5. The Morgan fingerprint density at radius 3 is 2.88 bits per heavy atom. The Kier molecular flexibility index (Phi) is 3.01. The van der Waals surface area contributed by atoms with Crippen LogP contribution in [0.5, 0.6) is 0 Å². The number of aromatic nitrogens is 1. The molecule has 2 rings (SSSR count). The Labute approximate surface area is 98.6 Å². The van der Waals surface area contributed by atoms with Crippen molar-refractivity contribution in [3.05, 3.63) is 41.0 Å². The van der Waals surface area contributed by atoms with E-state index in [4.69, 9.17) is 5.11 Å². The summed E-state index contributed by atoms with van der Waals surface area (Å²) >= 11 is 0.995. The van der Waals surface area contributed by atoms with Crippen LogP contribution in [0.4, 0.5) is 19.5 Å². The average molecular weight is 256 g/mol. The molecule has 0 unspecified atom stereocenters. The molecule has 1 aromatic heterocycles. The number of rotatable bonds is 3. The Morgan fingerprint density at radius 1 is 1.41 bits per heavy atom. The van der Waals surface area contributed by atoms with Gasteiger partial charge in [0, 0.05) is 0 Å². The van der Waals surface area contributed by atoms with Gasteiger partial charge in [-0.25, -0.2) is 18.6 Å². The Hall–Kier alpha value is -2.02.